The molecule has 2 aromatic rings. The van der Waals surface area contributed by atoms with E-state index >= 15 is 0 Å². The first-order valence-electron chi connectivity index (χ1n) is 9.71. The van der Waals surface area contributed by atoms with Gasteiger partial charge in [-0.2, -0.15) is 4.31 Å². The van der Waals surface area contributed by atoms with Crippen molar-refractivity contribution in [1.82, 2.24) is 4.31 Å². The molecule has 3 rings (SSSR count). The van der Waals surface area contributed by atoms with Gasteiger partial charge in [0.15, 0.2) is 0 Å². The highest BCUT2D eigenvalue weighted by Gasteiger charge is 2.30. The Labute approximate surface area is 187 Å². The third kappa shape index (κ3) is 5.57. The number of para-hydroxylation sites is 1. The van der Waals surface area contributed by atoms with Gasteiger partial charge in [-0.15, -0.1) is 0 Å². The summed E-state index contributed by atoms with van der Waals surface area (Å²) in [4.78, 5) is 12.5. The summed E-state index contributed by atoms with van der Waals surface area (Å²) in [5.41, 5.74) is 0.541. The van der Waals surface area contributed by atoms with Gasteiger partial charge in [-0.1, -0.05) is 18.2 Å². The molecule has 1 N–H and O–H groups in total. The van der Waals surface area contributed by atoms with Gasteiger partial charge < -0.3 is 14.8 Å². The van der Waals surface area contributed by atoms with E-state index in [2.05, 4.69) is 5.32 Å². The molecule has 0 bridgehead atoms. The van der Waals surface area contributed by atoms with Crippen LogP contribution >= 0.6 is 0 Å². The molecule has 0 aliphatic carbocycles. The number of hydrogen-bond donors (Lipinski definition) is 1. The molecule has 10 nitrogen and oxygen atoms in total. The van der Waals surface area contributed by atoms with Crippen molar-refractivity contribution in [2.24, 2.45) is 0 Å². The summed E-state index contributed by atoms with van der Waals surface area (Å²) in [5.74, 6) is -0.490. The summed E-state index contributed by atoms with van der Waals surface area (Å²) >= 11 is 0. The summed E-state index contributed by atoms with van der Waals surface area (Å²) in [7, 11) is -6.25. The lowest BCUT2D eigenvalue weighted by atomic mass is 10.3. The van der Waals surface area contributed by atoms with Crippen LogP contribution in [0.4, 0.5) is 11.4 Å². The predicted molar refractivity (Wildman–Crippen MR) is 120 cm³/mol. The molecule has 0 radical (unpaired) electrons. The van der Waals surface area contributed by atoms with Crippen molar-refractivity contribution in [3.8, 4) is 5.75 Å². The van der Waals surface area contributed by atoms with Crippen LogP contribution in [0, 0.1) is 0 Å². The smallest absolute Gasteiger partial charge is 0.246 e. The number of carbonyl (C=O) groups excluding carboxylic acids is 1. The fraction of sp³-hybridized carbons (Fsp3) is 0.350. The molecule has 0 atom stereocenters. The highest BCUT2D eigenvalue weighted by atomic mass is 32.2. The molecule has 1 saturated heterocycles. The number of methoxy groups -OCH3 is 1. The van der Waals surface area contributed by atoms with Crippen molar-refractivity contribution in [3.05, 3.63) is 48.5 Å². The minimum atomic E-state index is -3.88. The molecule has 1 aliphatic heterocycles. The molecule has 1 fully saturated rings. The zero-order valence-electron chi connectivity index (χ0n) is 17.7. The van der Waals surface area contributed by atoms with Gasteiger partial charge >= 0.3 is 0 Å². The molecule has 0 spiro atoms. The number of rotatable bonds is 8. The van der Waals surface area contributed by atoms with Crippen molar-refractivity contribution in [3.63, 3.8) is 0 Å². The van der Waals surface area contributed by atoms with Gasteiger partial charge in [0.1, 0.15) is 17.2 Å². The van der Waals surface area contributed by atoms with Crippen LogP contribution in [-0.4, -0.2) is 73.3 Å². The third-order valence-electron chi connectivity index (χ3n) is 4.77. The molecule has 12 heteroatoms. The van der Waals surface area contributed by atoms with E-state index in [0.717, 1.165) is 10.6 Å². The minimum absolute atomic E-state index is 0.0947. The van der Waals surface area contributed by atoms with Crippen LogP contribution in [0.3, 0.4) is 0 Å². The summed E-state index contributed by atoms with van der Waals surface area (Å²) in [6.45, 7) is 0.531. The van der Waals surface area contributed by atoms with Crippen molar-refractivity contribution >= 4 is 37.3 Å². The maximum atomic E-state index is 13.1. The van der Waals surface area contributed by atoms with Crippen molar-refractivity contribution in [1.29, 1.82) is 0 Å². The van der Waals surface area contributed by atoms with Gasteiger partial charge in [0.05, 0.1) is 32.3 Å². The normalized spacial score (nSPS) is 15.2. The first kappa shape index (κ1) is 24.0. The number of benzene rings is 2. The van der Waals surface area contributed by atoms with E-state index in [1.807, 2.05) is 0 Å². The standard InChI is InChI=1S/C20H25N3O7S2/c1-29-18-9-8-16(14-19(18)32(27,28)22-10-12-30-13-11-22)21-20(24)15-23(31(2,25)26)17-6-4-3-5-7-17/h3-9,14H,10-13,15H2,1-2H3,(H,21,24). The van der Waals surface area contributed by atoms with Crippen LogP contribution in [0.15, 0.2) is 53.4 Å². The SMILES string of the molecule is COc1ccc(NC(=O)CN(c2ccccc2)S(C)(=O)=O)cc1S(=O)(=O)N1CCOCC1. The Kier molecular flexibility index (Phi) is 7.39. The maximum Gasteiger partial charge on any atom is 0.246 e. The number of nitrogens with one attached hydrogen (secondary N) is 1. The number of carbonyl (C=O) groups is 1. The van der Waals surface area contributed by atoms with E-state index in [4.69, 9.17) is 9.47 Å². The van der Waals surface area contributed by atoms with Crippen molar-refractivity contribution < 1.29 is 31.1 Å². The maximum absolute atomic E-state index is 13.1. The van der Waals surface area contributed by atoms with Gasteiger partial charge in [-0.3, -0.25) is 9.10 Å². The first-order chi connectivity index (χ1) is 15.1. The molecular weight excluding hydrogens is 458 g/mol. The Morgan fingerprint density at radius 1 is 1.09 bits per heavy atom. The average molecular weight is 484 g/mol. The fourth-order valence-electron chi connectivity index (χ4n) is 3.21. The lowest BCUT2D eigenvalue weighted by molar-refractivity contribution is -0.114. The van der Waals surface area contributed by atoms with Gasteiger partial charge in [-0.25, -0.2) is 16.8 Å². The molecule has 0 unspecified atom stereocenters. The molecule has 1 aliphatic rings. The topological polar surface area (TPSA) is 122 Å². The molecule has 2 aromatic carbocycles. The van der Waals surface area contributed by atoms with Crippen LogP contribution in [0.2, 0.25) is 0 Å². The number of morpholine rings is 1. The Morgan fingerprint density at radius 3 is 2.34 bits per heavy atom. The molecule has 1 amide bonds. The highest BCUT2D eigenvalue weighted by Crippen LogP contribution is 2.30. The number of sulfonamides is 2. The van der Waals surface area contributed by atoms with Gasteiger partial charge in [0.25, 0.3) is 0 Å². The summed E-state index contributed by atoms with van der Waals surface area (Å²) < 4.78 is 63.3. The minimum Gasteiger partial charge on any atom is -0.495 e. The zero-order chi connectivity index (χ0) is 23.4. The monoisotopic (exact) mass is 483 g/mol. The highest BCUT2D eigenvalue weighted by molar-refractivity contribution is 7.92. The second-order valence-electron chi connectivity index (χ2n) is 7.04. The average Bonchev–Trinajstić information content (AvgIpc) is 2.78. The van der Waals surface area contributed by atoms with Crippen LogP contribution in [0.1, 0.15) is 0 Å². The van der Waals surface area contributed by atoms with Crippen molar-refractivity contribution in [2.45, 2.75) is 4.90 Å². The molecular formula is C20H25N3O7S2. The summed E-state index contributed by atoms with van der Waals surface area (Å²) in [6, 6.07) is 12.4. The zero-order valence-corrected chi connectivity index (χ0v) is 19.4. The number of hydrogen-bond acceptors (Lipinski definition) is 7. The van der Waals surface area contributed by atoms with Crippen molar-refractivity contribution in [2.75, 3.05) is 55.8 Å². The Morgan fingerprint density at radius 2 is 1.75 bits per heavy atom. The lowest BCUT2D eigenvalue weighted by Gasteiger charge is -2.27. The van der Waals surface area contributed by atoms with E-state index in [1.165, 1.54) is 29.6 Å². The Balaban J connectivity index is 1.84. The molecule has 174 valence electrons. The Hall–Kier alpha value is -2.67. The number of nitrogens with zero attached hydrogens (tertiary/aromatic N) is 2. The summed E-state index contributed by atoms with van der Waals surface area (Å²) in [6.07, 6.45) is 1.01. The van der Waals surface area contributed by atoms with E-state index in [1.54, 1.807) is 30.3 Å². The van der Waals surface area contributed by atoms with Gasteiger partial charge in [0, 0.05) is 18.8 Å². The molecule has 0 aromatic heterocycles. The molecule has 0 saturated carbocycles. The summed E-state index contributed by atoms with van der Waals surface area (Å²) in [5, 5.41) is 2.57. The second kappa shape index (κ2) is 9.86. The predicted octanol–water partition coefficient (Wildman–Crippen LogP) is 1.12. The van der Waals surface area contributed by atoms with Gasteiger partial charge in [-0.05, 0) is 30.3 Å². The third-order valence-corrected chi connectivity index (χ3v) is 7.83. The van der Waals surface area contributed by atoms with E-state index in [-0.39, 0.29) is 29.4 Å². The Bertz CT molecular complexity index is 1160. The molecule has 1 heterocycles. The van der Waals surface area contributed by atoms with Gasteiger partial charge in [0.2, 0.25) is 26.0 Å². The second-order valence-corrected chi connectivity index (χ2v) is 10.8. The fourth-order valence-corrected chi connectivity index (χ4v) is 5.65. The van der Waals surface area contributed by atoms with Crippen LogP contribution < -0.4 is 14.4 Å². The van der Waals surface area contributed by atoms with Crippen LogP contribution in [0.25, 0.3) is 0 Å². The first-order valence-corrected chi connectivity index (χ1v) is 13.0. The quantitative estimate of drug-likeness (QED) is 0.597. The van der Waals surface area contributed by atoms with E-state index < -0.39 is 32.5 Å². The largest absolute Gasteiger partial charge is 0.495 e. The van der Waals surface area contributed by atoms with E-state index in [0.29, 0.717) is 18.9 Å². The van der Waals surface area contributed by atoms with Crippen LogP contribution in [0.5, 0.6) is 5.75 Å². The number of amides is 1. The van der Waals surface area contributed by atoms with E-state index in [9.17, 15) is 21.6 Å². The lowest BCUT2D eigenvalue weighted by Crippen LogP contribution is -2.40. The number of anilines is 2. The van der Waals surface area contributed by atoms with Crippen LogP contribution in [-0.2, 0) is 29.6 Å². The molecule has 32 heavy (non-hydrogen) atoms. The number of ether oxygens (including phenoxy) is 2.